The lowest BCUT2D eigenvalue weighted by atomic mass is 10.1. The minimum Gasteiger partial charge on any atom is -0.457 e. The van der Waals surface area contributed by atoms with Gasteiger partial charge in [-0.25, -0.2) is 4.79 Å². The van der Waals surface area contributed by atoms with Gasteiger partial charge in [-0.05, 0) is 18.1 Å². The maximum atomic E-state index is 11.9. The van der Waals surface area contributed by atoms with Crippen molar-refractivity contribution < 1.29 is 14.3 Å². The number of nitrogens with zero attached hydrogens (tertiary/aromatic N) is 1. The van der Waals surface area contributed by atoms with Crippen molar-refractivity contribution in [1.82, 2.24) is 0 Å². The quantitative estimate of drug-likeness (QED) is 0.621. The van der Waals surface area contributed by atoms with Crippen molar-refractivity contribution in [3.63, 3.8) is 0 Å². The summed E-state index contributed by atoms with van der Waals surface area (Å²) in [4.78, 5) is 25.2. The zero-order valence-corrected chi connectivity index (χ0v) is 11.3. The molecule has 0 aromatic heterocycles. The molecule has 1 amide bonds. The van der Waals surface area contributed by atoms with Crippen LogP contribution in [0, 0.1) is 5.92 Å². The molecule has 1 saturated heterocycles. The molecule has 1 fully saturated rings. The largest absolute Gasteiger partial charge is 0.457 e. The smallest absolute Gasteiger partial charge is 0.338 e. The molecule has 18 heavy (non-hydrogen) atoms. The first-order valence-corrected chi connectivity index (χ1v) is 6.97. The summed E-state index contributed by atoms with van der Waals surface area (Å²) in [5.41, 5.74) is 2.27. The van der Waals surface area contributed by atoms with Gasteiger partial charge in [0.05, 0.1) is 5.56 Å². The van der Waals surface area contributed by atoms with Gasteiger partial charge in [0.1, 0.15) is 6.61 Å². The molecule has 1 aromatic carbocycles. The van der Waals surface area contributed by atoms with Crippen molar-refractivity contribution in [2.45, 2.75) is 13.0 Å². The van der Waals surface area contributed by atoms with Crippen molar-refractivity contribution in [1.29, 1.82) is 0 Å². The van der Waals surface area contributed by atoms with Gasteiger partial charge in [-0.2, -0.15) is 0 Å². The van der Waals surface area contributed by atoms with Crippen LogP contribution in [0.1, 0.15) is 22.3 Å². The predicted octanol–water partition coefficient (Wildman–Crippen LogP) is 2.10. The van der Waals surface area contributed by atoms with E-state index in [1.54, 1.807) is 11.0 Å². The van der Waals surface area contributed by atoms with Crippen molar-refractivity contribution >= 4 is 33.5 Å². The predicted molar refractivity (Wildman–Crippen MR) is 69.8 cm³/mol. The highest BCUT2D eigenvalue weighted by molar-refractivity contribution is 9.09. The molecule has 3 rings (SSSR count). The van der Waals surface area contributed by atoms with E-state index in [2.05, 4.69) is 15.9 Å². The molecule has 4 nitrogen and oxygen atoms in total. The minimum atomic E-state index is -0.296. The molecule has 2 aliphatic rings. The first kappa shape index (κ1) is 11.7. The van der Waals surface area contributed by atoms with Crippen LogP contribution in [0.25, 0.3) is 0 Å². The van der Waals surface area contributed by atoms with Crippen LogP contribution in [0.15, 0.2) is 18.2 Å². The number of halogens is 1. The highest BCUT2D eigenvalue weighted by Gasteiger charge is 2.31. The fraction of sp³-hybridized carbons (Fsp3) is 0.385. The third-order valence-corrected chi connectivity index (χ3v) is 4.32. The molecule has 1 atom stereocenters. The number of cyclic esters (lactones) is 1. The summed E-state index contributed by atoms with van der Waals surface area (Å²) < 4.78 is 4.96. The molecule has 2 aliphatic heterocycles. The molecule has 94 valence electrons. The second-order valence-electron chi connectivity index (χ2n) is 4.65. The number of alkyl halides is 1. The van der Waals surface area contributed by atoms with E-state index in [-0.39, 0.29) is 11.9 Å². The van der Waals surface area contributed by atoms with Crippen molar-refractivity contribution in [3.05, 3.63) is 29.3 Å². The first-order valence-electron chi connectivity index (χ1n) is 5.85. The molecule has 0 radical (unpaired) electrons. The fourth-order valence-electron chi connectivity index (χ4n) is 2.40. The Morgan fingerprint density at radius 3 is 2.94 bits per heavy atom. The monoisotopic (exact) mass is 309 g/mol. The van der Waals surface area contributed by atoms with E-state index in [0.29, 0.717) is 31.1 Å². The SMILES string of the molecule is O=C1OCc2ccc(N3CC(CBr)CC3=O)cc21. The lowest BCUT2D eigenvalue weighted by molar-refractivity contribution is -0.117. The zero-order chi connectivity index (χ0) is 12.7. The topological polar surface area (TPSA) is 46.6 Å². The number of amides is 1. The number of carbonyl (C=O) groups is 2. The number of fused-ring (bicyclic) bond motifs is 1. The van der Waals surface area contributed by atoms with Crippen LogP contribution in [0.4, 0.5) is 5.69 Å². The summed E-state index contributed by atoms with van der Waals surface area (Å²) in [6.45, 7) is 1.05. The molecule has 2 heterocycles. The Kier molecular flexibility index (Phi) is 2.86. The van der Waals surface area contributed by atoms with Gasteiger partial charge < -0.3 is 9.64 Å². The molecule has 0 bridgehead atoms. The van der Waals surface area contributed by atoms with Gasteiger partial charge in [-0.15, -0.1) is 0 Å². The average molecular weight is 310 g/mol. The highest BCUT2D eigenvalue weighted by Crippen LogP contribution is 2.30. The van der Waals surface area contributed by atoms with Gasteiger partial charge in [0.2, 0.25) is 5.91 Å². The van der Waals surface area contributed by atoms with Crippen molar-refractivity contribution in [2.75, 3.05) is 16.8 Å². The molecule has 1 unspecified atom stereocenters. The standard InChI is InChI=1S/C13H12BrNO3/c14-5-8-3-12(16)15(6-8)10-2-1-9-7-18-13(17)11(9)4-10/h1-2,4,8H,3,5-7H2. The summed E-state index contributed by atoms with van der Waals surface area (Å²) in [6, 6.07) is 5.51. The van der Waals surface area contributed by atoms with Gasteiger partial charge in [0.15, 0.2) is 0 Å². The van der Waals surface area contributed by atoms with Crippen molar-refractivity contribution in [3.8, 4) is 0 Å². The molecule has 0 N–H and O–H groups in total. The first-order chi connectivity index (χ1) is 8.69. The van der Waals surface area contributed by atoms with Crippen molar-refractivity contribution in [2.24, 2.45) is 5.92 Å². The molecule has 1 aromatic rings. The molecule has 5 heteroatoms. The van der Waals surface area contributed by atoms with E-state index in [1.165, 1.54) is 0 Å². The lowest BCUT2D eigenvalue weighted by Crippen LogP contribution is -2.24. The van der Waals surface area contributed by atoms with Crippen LogP contribution in [0.3, 0.4) is 0 Å². The number of ether oxygens (including phenoxy) is 1. The van der Waals surface area contributed by atoms with E-state index in [1.807, 2.05) is 12.1 Å². The van der Waals surface area contributed by atoms with Crippen LogP contribution in [-0.4, -0.2) is 23.8 Å². The number of rotatable bonds is 2. The molecular formula is C13H12BrNO3. The second kappa shape index (κ2) is 4.39. The van der Waals surface area contributed by atoms with Crippen LogP contribution in [0.2, 0.25) is 0 Å². The number of esters is 1. The Balaban J connectivity index is 1.92. The Bertz CT molecular complexity index is 529. The summed E-state index contributed by atoms with van der Waals surface area (Å²) in [5, 5.41) is 0.822. The maximum absolute atomic E-state index is 11.9. The summed E-state index contributed by atoms with van der Waals surface area (Å²) in [7, 11) is 0. The summed E-state index contributed by atoms with van der Waals surface area (Å²) in [5.74, 6) is 0.166. The number of hydrogen-bond donors (Lipinski definition) is 0. The Hall–Kier alpha value is -1.36. The lowest BCUT2D eigenvalue weighted by Gasteiger charge is -2.16. The Labute approximate surface area is 113 Å². The van der Waals surface area contributed by atoms with E-state index in [0.717, 1.165) is 16.6 Å². The number of anilines is 1. The normalized spacial score (nSPS) is 22.3. The van der Waals surface area contributed by atoms with Crippen LogP contribution in [-0.2, 0) is 16.1 Å². The van der Waals surface area contributed by atoms with E-state index < -0.39 is 0 Å². The minimum absolute atomic E-state index is 0.116. The number of benzene rings is 1. The molecular weight excluding hydrogens is 298 g/mol. The molecule has 0 spiro atoms. The maximum Gasteiger partial charge on any atom is 0.338 e. The van der Waals surface area contributed by atoms with Gasteiger partial charge in [0.25, 0.3) is 0 Å². The molecule has 0 saturated carbocycles. The number of carbonyl (C=O) groups excluding carboxylic acids is 2. The average Bonchev–Trinajstić information content (AvgIpc) is 2.93. The summed E-state index contributed by atoms with van der Waals surface area (Å²) >= 11 is 3.41. The van der Waals surface area contributed by atoms with Gasteiger partial charge in [-0.3, -0.25) is 4.79 Å². The Morgan fingerprint density at radius 2 is 2.22 bits per heavy atom. The molecule has 0 aliphatic carbocycles. The van der Waals surface area contributed by atoms with E-state index >= 15 is 0 Å². The second-order valence-corrected chi connectivity index (χ2v) is 5.29. The van der Waals surface area contributed by atoms with Crippen LogP contribution >= 0.6 is 15.9 Å². The third kappa shape index (κ3) is 1.82. The third-order valence-electron chi connectivity index (χ3n) is 3.41. The van der Waals surface area contributed by atoms with Crippen LogP contribution < -0.4 is 4.90 Å². The number of hydrogen-bond acceptors (Lipinski definition) is 3. The zero-order valence-electron chi connectivity index (χ0n) is 9.69. The van der Waals surface area contributed by atoms with E-state index in [4.69, 9.17) is 4.74 Å². The van der Waals surface area contributed by atoms with Crippen LogP contribution in [0.5, 0.6) is 0 Å². The van der Waals surface area contributed by atoms with E-state index in [9.17, 15) is 9.59 Å². The van der Waals surface area contributed by atoms with Gasteiger partial charge >= 0.3 is 5.97 Å². The Morgan fingerprint density at radius 1 is 1.39 bits per heavy atom. The van der Waals surface area contributed by atoms with Gasteiger partial charge in [0, 0.05) is 29.5 Å². The summed E-state index contributed by atoms with van der Waals surface area (Å²) in [6.07, 6.45) is 0.562. The van der Waals surface area contributed by atoms with Gasteiger partial charge in [-0.1, -0.05) is 22.0 Å². The fourth-order valence-corrected chi connectivity index (χ4v) is 2.84. The highest BCUT2D eigenvalue weighted by atomic mass is 79.9.